The number of methoxy groups -OCH3 is 6. The highest BCUT2D eigenvalue weighted by Gasteiger charge is 2.40. The van der Waals surface area contributed by atoms with Gasteiger partial charge in [0.2, 0.25) is 0 Å². The van der Waals surface area contributed by atoms with E-state index < -0.39 is 0 Å². The molecule has 9 heteroatoms. The van der Waals surface area contributed by atoms with Crippen LogP contribution in [-0.4, -0.2) is 79.6 Å². The Kier molecular flexibility index (Phi) is 7.80. The van der Waals surface area contributed by atoms with Gasteiger partial charge in [0, 0.05) is 47.4 Å². The van der Waals surface area contributed by atoms with Gasteiger partial charge in [0.1, 0.15) is 11.5 Å². The maximum absolute atomic E-state index is 6.97. The van der Waals surface area contributed by atoms with Crippen LogP contribution < -0.4 is 33.2 Å². The fourth-order valence-electron chi connectivity index (χ4n) is 8.79. The number of rotatable bonds is 8. The second kappa shape index (κ2) is 12.1. The predicted octanol–water partition coefficient (Wildman–Crippen LogP) is 7.03. The number of hydrogen-bond donors (Lipinski definition) is 0. The Balaban J connectivity index is 1.31. The number of likely N-dealkylation sites (N-methyl/N-ethyl adjacent to an activating group) is 2. The van der Waals surface area contributed by atoms with Gasteiger partial charge < -0.3 is 33.2 Å². The van der Waals surface area contributed by atoms with Crippen LogP contribution in [0.5, 0.6) is 46.0 Å². The highest BCUT2D eigenvalue weighted by atomic mass is 16.5. The predicted molar refractivity (Wildman–Crippen MR) is 189 cm³/mol. The molecule has 2 atom stereocenters. The molecule has 9 nitrogen and oxygen atoms in total. The topological polar surface area (TPSA) is 71.1 Å². The molecule has 256 valence electrons. The van der Waals surface area contributed by atoms with E-state index in [-0.39, 0.29) is 12.1 Å². The molecule has 2 aliphatic carbocycles. The van der Waals surface area contributed by atoms with Gasteiger partial charge in [-0.25, -0.2) is 0 Å². The number of benzene rings is 4. The lowest BCUT2D eigenvalue weighted by Gasteiger charge is -2.41. The first-order chi connectivity index (χ1) is 23.8. The van der Waals surface area contributed by atoms with Gasteiger partial charge in [-0.3, -0.25) is 9.80 Å². The lowest BCUT2D eigenvalue weighted by molar-refractivity contribution is 0.225. The molecule has 0 radical (unpaired) electrons. The highest BCUT2D eigenvalue weighted by molar-refractivity contribution is 5.89. The molecule has 0 spiro atoms. The molecule has 4 aromatic carbocycles. The molecule has 0 fully saturated rings. The molecule has 4 aliphatic rings. The van der Waals surface area contributed by atoms with Crippen molar-refractivity contribution < 1.29 is 33.2 Å². The fraction of sp³-hybridized carbons (Fsp3) is 0.400. The Hall–Kier alpha value is -4.60. The third kappa shape index (κ3) is 4.66. The number of fused-ring (bicyclic) bond motifs is 4. The molecule has 49 heavy (non-hydrogen) atoms. The maximum Gasteiger partial charge on any atom is 0.169 e. The van der Waals surface area contributed by atoms with Crippen molar-refractivity contribution in [3.05, 3.63) is 69.8 Å². The van der Waals surface area contributed by atoms with E-state index in [1.165, 1.54) is 27.8 Å². The van der Waals surface area contributed by atoms with Gasteiger partial charge in [0.05, 0.1) is 42.7 Å². The molecule has 0 amide bonds. The van der Waals surface area contributed by atoms with Crippen LogP contribution >= 0.6 is 0 Å². The Bertz CT molecular complexity index is 1990. The van der Waals surface area contributed by atoms with Crippen molar-refractivity contribution >= 4 is 0 Å². The average molecular weight is 665 g/mol. The summed E-state index contributed by atoms with van der Waals surface area (Å²) in [4.78, 5) is 4.87. The van der Waals surface area contributed by atoms with Crippen molar-refractivity contribution in [1.29, 1.82) is 0 Å². The smallest absolute Gasteiger partial charge is 0.169 e. The molecule has 2 heterocycles. The summed E-state index contributed by atoms with van der Waals surface area (Å²) in [7, 11) is 14.6. The van der Waals surface area contributed by atoms with Crippen LogP contribution in [0.25, 0.3) is 22.3 Å². The zero-order chi connectivity index (χ0) is 34.1. The van der Waals surface area contributed by atoms with E-state index in [0.717, 1.165) is 95.3 Å². The number of hydrogen-bond acceptors (Lipinski definition) is 9. The molecule has 0 saturated heterocycles. The van der Waals surface area contributed by atoms with E-state index in [4.69, 9.17) is 33.2 Å². The second-order valence-corrected chi connectivity index (χ2v) is 13.4. The van der Waals surface area contributed by atoms with Gasteiger partial charge >= 0.3 is 0 Å². The first-order valence-electron chi connectivity index (χ1n) is 16.9. The van der Waals surface area contributed by atoms with Crippen LogP contribution in [0.3, 0.4) is 0 Å². The van der Waals surface area contributed by atoms with Crippen molar-refractivity contribution in [2.45, 2.75) is 37.8 Å². The van der Waals surface area contributed by atoms with E-state index in [9.17, 15) is 0 Å². The van der Waals surface area contributed by atoms with Crippen LogP contribution in [0.2, 0.25) is 0 Å². The van der Waals surface area contributed by atoms with Crippen molar-refractivity contribution in [2.24, 2.45) is 0 Å². The van der Waals surface area contributed by atoms with E-state index in [1.807, 2.05) is 12.1 Å². The van der Waals surface area contributed by atoms with Gasteiger partial charge in [-0.2, -0.15) is 0 Å². The fourth-order valence-corrected chi connectivity index (χ4v) is 8.79. The molecule has 0 N–H and O–H groups in total. The molecule has 0 unspecified atom stereocenters. The highest BCUT2D eigenvalue weighted by Crippen LogP contribution is 2.58. The van der Waals surface area contributed by atoms with Crippen LogP contribution in [0, 0.1) is 0 Å². The summed E-state index contributed by atoms with van der Waals surface area (Å²) in [6.07, 6.45) is 3.51. The van der Waals surface area contributed by atoms with Gasteiger partial charge in [0.15, 0.2) is 34.5 Å². The molecule has 0 aromatic heterocycles. The van der Waals surface area contributed by atoms with E-state index >= 15 is 0 Å². The zero-order valence-corrected chi connectivity index (χ0v) is 29.6. The quantitative estimate of drug-likeness (QED) is 0.197. The van der Waals surface area contributed by atoms with Crippen molar-refractivity contribution in [2.75, 3.05) is 69.8 Å². The minimum absolute atomic E-state index is 0.154. The number of ether oxygens (including phenoxy) is 7. The maximum atomic E-state index is 6.97. The third-order valence-electron chi connectivity index (χ3n) is 11.2. The summed E-state index contributed by atoms with van der Waals surface area (Å²) in [5, 5.41) is 0. The summed E-state index contributed by atoms with van der Waals surface area (Å²) in [6.45, 7) is 1.93. The summed E-state index contributed by atoms with van der Waals surface area (Å²) in [5.74, 6) is 5.78. The Morgan fingerprint density at radius 2 is 1.04 bits per heavy atom. The van der Waals surface area contributed by atoms with Crippen molar-refractivity contribution in [1.82, 2.24) is 9.80 Å². The number of nitrogens with zero attached hydrogens (tertiary/aromatic N) is 2. The lowest BCUT2D eigenvalue weighted by Crippen LogP contribution is -2.36. The molecule has 0 bridgehead atoms. The lowest BCUT2D eigenvalue weighted by atomic mass is 9.76. The molecule has 8 rings (SSSR count). The Labute approximate surface area is 288 Å². The Morgan fingerprint density at radius 1 is 0.510 bits per heavy atom. The molecule has 0 saturated carbocycles. The van der Waals surface area contributed by atoms with Crippen molar-refractivity contribution in [3.8, 4) is 68.2 Å². The van der Waals surface area contributed by atoms with Crippen LogP contribution in [0.1, 0.15) is 45.5 Å². The van der Waals surface area contributed by atoms with Gasteiger partial charge in [-0.05, 0) is 110 Å². The molecule has 2 aliphatic heterocycles. The SMILES string of the molecule is COc1cc2c(cc1Oc1ccc(OC)c3c1C[C@H]1c4c(cc(OC)c(OC)c4-3)CCN1C)C[C@H]1c3c(cc(OC)c(OC)c3-2)CCN1C. The largest absolute Gasteiger partial charge is 0.496 e. The van der Waals surface area contributed by atoms with Gasteiger partial charge in [0.25, 0.3) is 0 Å². The standard InChI is InChI=1S/C40H44N2O7/c1-41-13-11-21-16-32(45-5)39(47-7)37-24-20-30(44-4)31(18-23(24)15-26(41)34(21)37)49-28-9-10-29(43-3)36-25(28)19-27-35-22(12-14-42(27)2)17-33(46-6)40(48-8)38(35)36/h9-10,16-18,20,26-27H,11-15,19H2,1-8H3/t26-,27-/m0/s1. The van der Waals surface area contributed by atoms with Crippen molar-refractivity contribution in [3.63, 3.8) is 0 Å². The van der Waals surface area contributed by atoms with Crippen LogP contribution in [0.15, 0.2) is 36.4 Å². The van der Waals surface area contributed by atoms with E-state index in [2.05, 4.69) is 48.2 Å². The first-order valence-corrected chi connectivity index (χ1v) is 16.9. The Morgan fingerprint density at radius 3 is 1.63 bits per heavy atom. The van der Waals surface area contributed by atoms with Crippen LogP contribution in [0.4, 0.5) is 0 Å². The van der Waals surface area contributed by atoms with Gasteiger partial charge in [-0.1, -0.05) is 0 Å². The summed E-state index contributed by atoms with van der Waals surface area (Å²) >= 11 is 0. The molecular weight excluding hydrogens is 620 g/mol. The summed E-state index contributed by atoms with van der Waals surface area (Å²) in [6, 6.07) is 12.9. The molecule has 4 aromatic rings. The first kappa shape index (κ1) is 31.7. The average Bonchev–Trinajstić information content (AvgIpc) is 3.13. The second-order valence-electron chi connectivity index (χ2n) is 13.4. The van der Waals surface area contributed by atoms with Crippen LogP contribution in [-0.2, 0) is 25.7 Å². The molecular formula is C40H44N2O7. The van der Waals surface area contributed by atoms with E-state index in [1.54, 1.807) is 42.7 Å². The van der Waals surface area contributed by atoms with Gasteiger partial charge in [-0.15, -0.1) is 0 Å². The zero-order valence-electron chi connectivity index (χ0n) is 29.6. The van der Waals surface area contributed by atoms with E-state index in [0.29, 0.717) is 17.2 Å². The summed E-state index contributed by atoms with van der Waals surface area (Å²) in [5.41, 5.74) is 11.6. The minimum Gasteiger partial charge on any atom is -0.496 e. The normalized spacial score (nSPS) is 18.8. The minimum atomic E-state index is 0.154. The third-order valence-corrected chi connectivity index (χ3v) is 11.2. The summed E-state index contributed by atoms with van der Waals surface area (Å²) < 4.78 is 42.9. The monoisotopic (exact) mass is 664 g/mol.